The van der Waals surface area contributed by atoms with Crippen molar-refractivity contribution in [3.8, 4) is 0 Å². The molecule has 1 N–H and O–H groups in total. The van der Waals surface area contributed by atoms with Gasteiger partial charge in [0.05, 0.1) is 10.0 Å². The number of anilines is 1. The lowest BCUT2D eigenvalue weighted by molar-refractivity contribution is -0.253. The third-order valence-corrected chi connectivity index (χ3v) is 7.65. The summed E-state index contributed by atoms with van der Waals surface area (Å²) in [6.07, 6.45) is 3.03. The Balaban J connectivity index is 1.39. The summed E-state index contributed by atoms with van der Waals surface area (Å²) in [5.74, 6) is -0.353. The molecule has 1 amide bonds. The molecule has 152 valence electrons. The van der Waals surface area contributed by atoms with E-state index in [1.54, 1.807) is 30.3 Å². The van der Waals surface area contributed by atoms with E-state index in [1.165, 1.54) is 12.1 Å². The Bertz CT molecular complexity index is 981. The maximum Gasteiger partial charge on any atom is 0.230 e. The van der Waals surface area contributed by atoms with Crippen molar-refractivity contribution in [3.63, 3.8) is 0 Å². The maximum absolute atomic E-state index is 13.1. The summed E-state index contributed by atoms with van der Waals surface area (Å²) in [5.41, 5.74) is 0.480. The number of benzene rings is 2. The normalized spacial score (nSPS) is 25.0. The minimum absolute atomic E-state index is 0.0172. The van der Waals surface area contributed by atoms with Gasteiger partial charge in [-0.05, 0) is 72.6 Å². The fraction of sp³-hybridized carbons (Fsp3) is 0.391. The summed E-state index contributed by atoms with van der Waals surface area (Å²) in [5, 5.41) is 3.71. The molecule has 2 aromatic rings. The molecule has 0 saturated heterocycles. The number of carbonyl (C=O) groups is 2. The summed E-state index contributed by atoms with van der Waals surface area (Å²) in [6.45, 7) is 3.91. The van der Waals surface area contributed by atoms with Crippen LogP contribution in [0.4, 0.5) is 10.1 Å². The number of Topliss-reactive ketones (excluding diaryl/α,β-unsaturated/α-hetero) is 1. The molecule has 3 aliphatic carbocycles. The zero-order chi connectivity index (χ0) is 21.0. The Morgan fingerprint density at radius 2 is 1.66 bits per heavy atom. The second-order valence-electron chi connectivity index (χ2n) is 9.13. The van der Waals surface area contributed by atoms with Gasteiger partial charge in [-0.25, -0.2) is 4.39 Å². The van der Waals surface area contributed by atoms with Crippen LogP contribution in [-0.2, 0) is 4.79 Å². The zero-order valence-electron chi connectivity index (χ0n) is 16.3. The molecule has 0 spiro atoms. The van der Waals surface area contributed by atoms with E-state index in [2.05, 4.69) is 5.32 Å². The Labute approximate surface area is 179 Å². The maximum atomic E-state index is 13.1. The van der Waals surface area contributed by atoms with Gasteiger partial charge >= 0.3 is 0 Å². The van der Waals surface area contributed by atoms with E-state index in [9.17, 15) is 14.0 Å². The monoisotopic (exact) mass is 433 g/mol. The average molecular weight is 434 g/mol. The topological polar surface area (TPSA) is 46.2 Å². The summed E-state index contributed by atoms with van der Waals surface area (Å²) in [6, 6.07) is 10.7. The molecule has 3 aliphatic rings. The van der Waals surface area contributed by atoms with Gasteiger partial charge in [-0.15, -0.1) is 0 Å². The molecule has 3 fully saturated rings. The van der Waals surface area contributed by atoms with Crippen molar-refractivity contribution in [1.82, 2.24) is 0 Å². The van der Waals surface area contributed by atoms with E-state index in [-0.39, 0.29) is 28.3 Å². The average Bonchev–Trinajstić information content (AvgIpc) is 2.60. The Morgan fingerprint density at radius 3 is 2.24 bits per heavy atom. The first-order chi connectivity index (χ1) is 13.6. The van der Waals surface area contributed by atoms with Crippen LogP contribution in [0.25, 0.3) is 0 Å². The first-order valence-corrected chi connectivity index (χ1v) is 10.4. The fourth-order valence-electron chi connectivity index (χ4n) is 5.02. The van der Waals surface area contributed by atoms with Gasteiger partial charge < -0.3 is 5.32 Å². The van der Waals surface area contributed by atoms with Gasteiger partial charge in [-0.2, -0.15) is 0 Å². The highest BCUT2D eigenvalue weighted by atomic mass is 35.5. The Kier molecular flexibility index (Phi) is 4.79. The lowest BCUT2D eigenvalue weighted by Crippen LogP contribution is -2.70. The number of carbonyl (C=O) groups excluding carboxylic acids is 2. The van der Waals surface area contributed by atoms with E-state index < -0.39 is 5.41 Å². The highest BCUT2D eigenvalue weighted by molar-refractivity contribution is 6.42. The van der Waals surface area contributed by atoms with Gasteiger partial charge in [0.1, 0.15) is 5.82 Å². The molecule has 2 bridgehead atoms. The molecule has 0 heterocycles. The van der Waals surface area contributed by atoms with Crippen LogP contribution in [-0.4, -0.2) is 11.7 Å². The van der Waals surface area contributed by atoms with E-state index >= 15 is 0 Å². The van der Waals surface area contributed by atoms with Crippen molar-refractivity contribution < 1.29 is 14.0 Å². The van der Waals surface area contributed by atoms with Crippen molar-refractivity contribution >= 4 is 40.6 Å². The largest absolute Gasteiger partial charge is 0.326 e. The predicted octanol–water partition coefficient (Wildman–Crippen LogP) is 6.54. The van der Waals surface area contributed by atoms with Gasteiger partial charge in [-0.3, -0.25) is 9.59 Å². The highest BCUT2D eigenvalue weighted by Gasteiger charge is 2.74. The third kappa shape index (κ3) is 3.36. The lowest BCUT2D eigenvalue weighted by atomic mass is 9.28. The first kappa shape index (κ1) is 20.4. The molecule has 29 heavy (non-hydrogen) atoms. The molecule has 0 unspecified atom stereocenters. The smallest absolute Gasteiger partial charge is 0.230 e. The molecule has 5 rings (SSSR count). The Morgan fingerprint density at radius 1 is 1.03 bits per heavy atom. The van der Waals surface area contributed by atoms with Crippen LogP contribution >= 0.6 is 23.2 Å². The van der Waals surface area contributed by atoms with Crippen molar-refractivity contribution in [2.24, 2.45) is 16.2 Å². The van der Waals surface area contributed by atoms with Crippen molar-refractivity contribution in [1.29, 1.82) is 0 Å². The quantitative estimate of drug-likeness (QED) is 0.525. The summed E-state index contributed by atoms with van der Waals surface area (Å²) in [4.78, 5) is 25.6. The predicted molar refractivity (Wildman–Crippen MR) is 113 cm³/mol. The number of rotatable bonds is 6. The van der Waals surface area contributed by atoms with Crippen LogP contribution < -0.4 is 5.32 Å². The lowest BCUT2D eigenvalue weighted by Gasteiger charge is -2.75. The van der Waals surface area contributed by atoms with Crippen molar-refractivity contribution in [3.05, 3.63) is 63.9 Å². The van der Waals surface area contributed by atoms with E-state index in [0.717, 1.165) is 19.3 Å². The minimum Gasteiger partial charge on any atom is -0.326 e. The Hall–Kier alpha value is -1.91. The molecule has 3 saturated carbocycles. The number of nitrogens with one attached hydrogen (secondary N) is 1. The van der Waals surface area contributed by atoms with Gasteiger partial charge in [0.15, 0.2) is 5.78 Å². The molecule has 0 aromatic heterocycles. The van der Waals surface area contributed by atoms with Gasteiger partial charge in [0, 0.05) is 23.1 Å². The van der Waals surface area contributed by atoms with Crippen LogP contribution in [0, 0.1) is 22.1 Å². The van der Waals surface area contributed by atoms with Crippen molar-refractivity contribution in [2.75, 3.05) is 5.32 Å². The standard InChI is InChI=1S/C23H22Cl2FNO2/c1-21(2,20(29)27-16-6-4-15(26)5-7-16)23-11-22(12-23,13-23)10-19(28)14-3-8-17(24)18(25)9-14/h3-9H,10-13H2,1-2H3,(H,27,29). The second-order valence-corrected chi connectivity index (χ2v) is 9.94. The van der Waals surface area contributed by atoms with Gasteiger partial charge in [0.25, 0.3) is 0 Å². The van der Waals surface area contributed by atoms with Crippen LogP contribution in [0.3, 0.4) is 0 Å². The van der Waals surface area contributed by atoms with Crippen molar-refractivity contribution in [2.45, 2.75) is 39.5 Å². The number of amides is 1. The van der Waals surface area contributed by atoms with Crippen LogP contribution in [0.15, 0.2) is 42.5 Å². The van der Waals surface area contributed by atoms with Crippen LogP contribution in [0.2, 0.25) is 10.0 Å². The van der Waals surface area contributed by atoms with E-state index in [0.29, 0.717) is 27.7 Å². The molecule has 2 aromatic carbocycles. The minimum atomic E-state index is -0.574. The summed E-state index contributed by atoms with van der Waals surface area (Å²) >= 11 is 12.0. The number of hydrogen-bond donors (Lipinski definition) is 1. The molecule has 6 heteroatoms. The molecular formula is C23H22Cl2FNO2. The van der Waals surface area contributed by atoms with Gasteiger partial charge in [0.2, 0.25) is 5.91 Å². The SMILES string of the molecule is CC(C)(C(=O)Nc1ccc(F)cc1)C12CC(CC(=O)c3ccc(Cl)c(Cl)c3)(C1)C2. The number of ketones is 1. The van der Waals surface area contributed by atoms with E-state index in [1.807, 2.05) is 13.8 Å². The van der Waals surface area contributed by atoms with E-state index in [4.69, 9.17) is 23.2 Å². The van der Waals surface area contributed by atoms with Crippen LogP contribution in [0.5, 0.6) is 0 Å². The summed E-state index contributed by atoms with van der Waals surface area (Å²) in [7, 11) is 0. The zero-order valence-corrected chi connectivity index (χ0v) is 17.8. The molecule has 0 radical (unpaired) electrons. The first-order valence-electron chi connectivity index (χ1n) is 9.61. The van der Waals surface area contributed by atoms with Crippen LogP contribution in [0.1, 0.15) is 49.9 Å². The summed E-state index contributed by atoms with van der Waals surface area (Å²) < 4.78 is 13.1. The van der Waals surface area contributed by atoms with Gasteiger partial charge in [-0.1, -0.05) is 37.0 Å². The molecule has 0 aliphatic heterocycles. The number of halogens is 3. The fourth-order valence-corrected chi connectivity index (χ4v) is 5.32. The molecular weight excluding hydrogens is 412 g/mol. The highest BCUT2D eigenvalue weighted by Crippen LogP contribution is 2.80. The second kappa shape index (κ2) is 6.82. The molecule has 3 nitrogen and oxygen atoms in total. The third-order valence-electron chi connectivity index (χ3n) is 6.91. The molecule has 0 atom stereocenters. The number of hydrogen-bond acceptors (Lipinski definition) is 2.